The first-order chi connectivity index (χ1) is 10.6. The van der Waals surface area contributed by atoms with Gasteiger partial charge < -0.3 is 9.47 Å². The molecule has 0 saturated heterocycles. The van der Waals surface area contributed by atoms with Crippen molar-refractivity contribution in [1.29, 1.82) is 0 Å². The van der Waals surface area contributed by atoms with Gasteiger partial charge in [0.25, 0.3) is 5.56 Å². The van der Waals surface area contributed by atoms with Crippen molar-refractivity contribution in [2.75, 3.05) is 6.79 Å². The zero-order valence-corrected chi connectivity index (χ0v) is 12.6. The van der Waals surface area contributed by atoms with Crippen molar-refractivity contribution in [2.24, 2.45) is 4.99 Å². The van der Waals surface area contributed by atoms with Gasteiger partial charge in [-0.05, 0) is 30.7 Å². The molecule has 0 aliphatic carbocycles. The molecule has 0 bridgehead atoms. The molecular formula is C15H12N2O4S. The molecule has 0 amide bonds. The van der Waals surface area contributed by atoms with Crippen molar-refractivity contribution in [3.05, 3.63) is 43.5 Å². The zero-order valence-electron chi connectivity index (χ0n) is 11.7. The van der Waals surface area contributed by atoms with E-state index in [4.69, 9.17) is 9.47 Å². The molecule has 4 rings (SSSR count). The average Bonchev–Trinajstić information content (AvgIpc) is 3.04. The van der Waals surface area contributed by atoms with E-state index in [1.54, 1.807) is 12.1 Å². The number of carbonyl (C=O) groups excluding carboxylic acids is 1. The van der Waals surface area contributed by atoms with Crippen LogP contribution < -0.4 is 24.4 Å². The Bertz CT molecular complexity index is 957. The van der Waals surface area contributed by atoms with E-state index in [0.717, 1.165) is 5.56 Å². The smallest absolute Gasteiger partial charge is 0.277 e. The van der Waals surface area contributed by atoms with Gasteiger partial charge in [-0.2, -0.15) is 0 Å². The van der Waals surface area contributed by atoms with Gasteiger partial charge in [-0.25, -0.2) is 4.57 Å². The summed E-state index contributed by atoms with van der Waals surface area (Å²) in [5, 5.41) is 0. The monoisotopic (exact) mass is 316 g/mol. The van der Waals surface area contributed by atoms with Crippen LogP contribution in [0.3, 0.4) is 0 Å². The summed E-state index contributed by atoms with van der Waals surface area (Å²) in [6.45, 7) is 2.08. The summed E-state index contributed by atoms with van der Waals surface area (Å²) in [5.41, 5.74) is 0.513. The number of rotatable bonds is 1. The maximum Gasteiger partial charge on any atom is 0.277 e. The number of hydrogen-bond donors (Lipinski definition) is 0. The Balaban J connectivity index is 1.88. The van der Waals surface area contributed by atoms with E-state index in [9.17, 15) is 9.59 Å². The van der Waals surface area contributed by atoms with Gasteiger partial charge in [-0.3, -0.25) is 14.6 Å². The van der Waals surface area contributed by atoms with Crippen LogP contribution in [0, 0.1) is 0 Å². The van der Waals surface area contributed by atoms with Crippen LogP contribution in [-0.4, -0.2) is 23.3 Å². The molecule has 7 heteroatoms. The van der Waals surface area contributed by atoms with Gasteiger partial charge in [0.05, 0.1) is 10.6 Å². The Morgan fingerprint density at radius 2 is 2.14 bits per heavy atom. The Morgan fingerprint density at radius 3 is 3.00 bits per heavy atom. The van der Waals surface area contributed by atoms with Crippen molar-refractivity contribution >= 4 is 23.3 Å². The maximum atomic E-state index is 12.4. The SMILES string of the molecule is C[C@H]1CC(=O)n2c(s/c(=C/c3ccc4c(c3)OCO4)c2=O)=N1. The molecule has 0 unspecified atom stereocenters. The van der Waals surface area contributed by atoms with E-state index >= 15 is 0 Å². The molecule has 2 aromatic rings. The highest BCUT2D eigenvalue weighted by Crippen LogP contribution is 2.32. The Kier molecular flexibility index (Phi) is 2.90. The van der Waals surface area contributed by atoms with Gasteiger partial charge >= 0.3 is 0 Å². The van der Waals surface area contributed by atoms with Crippen LogP contribution in [0.5, 0.6) is 11.5 Å². The van der Waals surface area contributed by atoms with Crippen LogP contribution in [0.4, 0.5) is 0 Å². The maximum absolute atomic E-state index is 12.4. The second kappa shape index (κ2) is 4.81. The summed E-state index contributed by atoms with van der Waals surface area (Å²) in [6, 6.07) is 5.38. The first-order valence-corrected chi connectivity index (χ1v) is 7.68. The van der Waals surface area contributed by atoms with Gasteiger partial charge in [0, 0.05) is 6.42 Å². The second-order valence-electron chi connectivity index (χ2n) is 5.22. The van der Waals surface area contributed by atoms with Crippen LogP contribution in [0.15, 0.2) is 28.0 Å². The van der Waals surface area contributed by atoms with Crippen LogP contribution in [0.25, 0.3) is 6.08 Å². The van der Waals surface area contributed by atoms with E-state index in [1.165, 1.54) is 15.9 Å². The minimum atomic E-state index is -0.307. The molecule has 3 heterocycles. The van der Waals surface area contributed by atoms with Crippen molar-refractivity contribution in [1.82, 2.24) is 4.57 Å². The van der Waals surface area contributed by atoms with Gasteiger partial charge in [0.15, 0.2) is 16.3 Å². The topological polar surface area (TPSA) is 69.9 Å². The number of nitrogens with zero attached hydrogens (tertiary/aromatic N) is 2. The summed E-state index contributed by atoms with van der Waals surface area (Å²) in [5.74, 6) is 1.16. The molecule has 112 valence electrons. The molecule has 0 fully saturated rings. The van der Waals surface area contributed by atoms with E-state index < -0.39 is 0 Å². The van der Waals surface area contributed by atoms with Gasteiger partial charge in [-0.1, -0.05) is 17.4 Å². The van der Waals surface area contributed by atoms with E-state index in [-0.39, 0.29) is 30.7 Å². The minimum Gasteiger partial charge on any atom is -0.454 e. The molecule has 0 saturated carbocycles. The van der Waals surface area contributed by atoms with Gasteiger partial charge in [-0.15, -0.1) is 0 Å². The fourth-order valence-electron chi connectivity index (χ4n) is 2.51. The quantitative estimate of drug-likeness (QED) is 0.769. The third-order valence-corrected chi connectivity index (χ3v) is 4.53. The first-order valence-electron chi connectivity index (χ1n) is 6.86. The standard InChI is InChI=1S/C15H12N2O4S/c1-8-4-13(18)17-14(19)12(22-15(17)16-8)6-9-2-3-10-11(5-9)21-7-20-10/h2-3,5-6,8H,4,7H2,1H3/b12-6+/t8-/m0/s1. The normalized spacial score (nSPS) is 20.0. The summed E-state index contributed by atoms with van der Waals surface area (Å²) in [7, 11) is 0. The number of benzene rings is 1. The van der Waals surface area contributed by atoms with Crippen LogP contribution in [0.2, 0.25) is 0 Å². The lowest BCUT2D eigenvalue weighted by Gasteiger charge is -2.09. The molecule has 0 N–H and O–H groups in total. The number of aromatic nitrogens is 1. The van der Waals surface area contributed by atoms with Gasteiger partial charge in [0.2, 0.25) is 12.7 Å². The molecule has 2 aliphatic heterocycles. The molecule has 1 atom stereocenters. The third-order valence-electron chi connectivity index (χ3n) is 3.55. The van der Waals surface area contributed by atoms with Gasteiger partial charge in [0.1, 0.15) is 0 Å². The van der Waals surface area contributed by atoms with Crippen molar-refractivity contribution in [2.45, 2.75) is 19.4 Å². The Labute approximate surface area is 128 Å². The lowest BCUT2D eigenvalue weighted by Crippen LogP contribution is -2.40. The average molecular weight is 316 g/mol. The van der Waals surface area contributed by atoms with Crippen molar-refractivity contribution in [3.8, 4) is 11.5 Å². The lowest BCUT2D eigenvalue weighted by molar-refractivity contribution is 0.0877. The molecule has 1 aromatic heterocycles. The second-order valence-corrected chi connectivity index (χ2v) is 6.23. The molecule has 0 spiro atoms. The fraction of sp³-hybridized carbons (Fsp3) is 0.267. The Hall–Kier alpha value is -2.41. The number of carbonyl (C=O) groups is 1. The number of fused-ring (bicyclic) bond motifs is 2. The summed E-state index contributed by atoms with van der Waals surface area (Å²) in [4.78, 5) is 29.2. The summed E-state index contributed by atoms with van der Waals surface area (Å²) >= 11 is 1.23. The van der Waals surface area contributed by atoms with Crippen molar-refractivity contribution in [3.63, 3.8) is 0 Å². The largest absolute Gasteiger partial charge is 0.454 e. The predicted octanol–water partition coefficient (Wildman–Crippen LogP) is 0.519. The highest BCUT2D eigenvalue weighted by atomic mass is 32.1. The molecule has 2 aliphatic rings. The molecule has 22 heavy (non-hydrogen) atoms. The van der Waals surface area contributed by atoms with Crippen LogP contribution >= 0.6 is 11.3 Å². The number of ether oxygens (including phenoxy) is 2. The fourth-order valence-corrected chi connectivity index (χ4v) is 3.59. The zero-order chi connectivity index (χ0) is 15.3. The van der Waals surface area contributed by atoms with Crippen LogP contribution in [-0.2, 0) is 0 Å². The van der Waals surface area contributed by atoms with E-state index in [2.05, 4.69) is 4.99 Å². The molecule has 0 radical (unpaired) electrons. The van der Waals surface area contributed by atoms with Crippen LogP contribution in [0.1, 0.15) is 23.7 Å². The lowest BCUT2D eigenvalue weighted by atomic mass is 10.2. The summed E-state index contributed by atoms with van der Waals surface area (Å²) in [6.07, 6.45) is 2.01. The van der Waals surface area contributed by atoms with E-state index in [1.807, 2.05) is 19.1 Å². The highest BCUT2D eigenvalue weighted by Gasteiger charge is 2.21. The number of thiazole rings is 1. The molecular weight excluding hydrogens is 304 g/mol. The molecule has 6 nitrogen and oxygen atoms in total. The first kappa shape index (κ1) is 13.3. The predicted molar refractivity (Wildman–Crippen MR) is 80.2 cm³/mol. The third kappa shape index (κ3) is 2.05. The summed E-state index contributed by atoms with van der Waals surface area (Å²) < 4.78 is 12.2. The number of hydrogen-bond acceptors (Lipinski definition) is 6. The highest BCUT2D eigenvalue weighted by molar-refractivity contribution is 7.07. The Morgan fingerprint density at radius 1 is 1.32 bits per heavy atom. The van der Waals surface area contributed by atoms with Crippen molar-refractivity contribution < 1.29 is 14.3 Å². The molecule has 1 aromatic carbocycles. The minimum absolute atomic E-state index is 0.0797. The van der Waals surface area contributed by atoms with E-state index in [0.29, 0.717) is 20.8 Å².